The van der Waals surface area contributed by atoms with Crippen molar-refractivity contribution in [3.63, 3.8) is 0 Å². The van der Waals surface area contributed by atoms with E-state index in [1.165, 1.54) is 4.83 Å². The molecule has 0 aliphatic heterocycles. The molecular weight excluding hydrogens is 261 g/mol. The molecule has 0 aromatic heterocycles. The molecule has 0 saturated heterocycles. The van der Waals surface area contributed by atoms with Gasteiger partial charge in [-0.05, 0) is 19.2 Å². The molecular formula is C8H9F3N2O3S. The molecule has 0 unspecified atom stereocenters. The second-order valence-corrected chi connectivity index (χ2v) is 4.89. The summed E-state index contributed by atoms with van der Waals surface area (Å²) in [6, 6.07) is 0. The number of rotatable bonds is 4. The molecule has 96 valence electrons. The third-order valence-corrected chi connectivity index (χ3v) is 3.31. The van der Waals surface area contributed by atoms with Gasteiger partial charge < -0.3 is 0 Å². The molecule has 0 aromatic rings. The molecule has 5 nitrogen and oxygen atoms in total. The van der Waals surface area contributed by atoms with Crippen LogP contribution in [0.2, 0.25) is 0 Å². The second-order valence-electron chi connectivity index (χ2n) is 3.17. The molecule has 0 amide bonds. The van der Waals surface area contributed by atoms with E-state index in [0.717, 1.165) is 7.05 Å². The Hall–Kier alpha value is -1.19. The van der Waals surface area contributed by atoms with Crippen molar-refractivity contribution in [3.05, 3.63) is 23.6 Å². The highest BCUT2D eigenvalue weighted by atomic mass is 32.2. The van der Waals surface area contributed by atoms with E-state index in [1.807, 2.05) is 5.43 Å². The number of allylic oxidation sites excluding steroid dienone is 3. The van der Waals surface area contributed by atoms with Crippen molar-refractivity contribution in [1.82, 2.24) is 10.3 Å². The number of ketones is 1. The summed E-state index contributed by atoms with van der Waals surface area (Å²) in [6.07, 6.45) is 0.313. The van der Waals surface area contributed by atoms with Crippen molar-refractivity contribution in [3.8, 4) is 0 Å². The number of hydrogen-bond donors (Lipinski definition) is 2. The number of alkyl halides is 2. The minimum atomic E-state index is -5.11. The molecule has 1 aliphatic rings. The first-order valence-electron chi connectivity index (χ1n) is 4.38. The van der Waals surface area contributed by atoms with Gasteiger partial charge in [-0.2, -0.15) is 8.78 Å². The van der Waals surface area contributed by atoms with Crippen LogP contribution in [0.3, 0.4) is 0 Å². The summed E-state index contributed by atoms with van der Waals surface area (Å²) >= 11 is 0. The van der Waals surface area contributed by atoms with E-state index >= 15 is 0 Å². The van der Waals surface area contributed by atoms with Crippen LogP contribution in [0.4, 0.5) is 13.2 Å². The molecule has 0 atom stereocenters. The van der Waals surface area contributed by atoms with Crippen LogP contribution in [0.15, 0.2) is 23.6 Å². The molecule has 1 aliphatic carbocycles. The maximum absolute atomic E-state index is 13.5. The molecule has 9 heteroatoms. The zero-order valence-corrected chi connectivity index (χ0v) is 9.45. The van der Waals surface area contributed by atoms with Crippen LogP contribution in [-0.4, -0.2) is 26.5 Å². The highest BCUT2D eigenvalue weighted by Crippen LogP contribution is 2.35. The number of sulfonamides is 1. The molecule has 0 spiro atoms. The van der Waals surface area contributed by atoms with Crippen molar-refractivity contribution in [2.75, 3.05) is 7.05 Å². The molecule has 17 heavy (non-hydrogen) atoms. The van der Waals surface area contributed by atoms with Gasteiger partial charge in [-0.3, -0.25) is 4.79 Å². The lowest BCUT2D eigenvalue weighted by Crippen LogP contribution is -2.46. The fourth-order valence-corrected chi connectivity index (χ4v) is 2.04. The Morgan fingerprint density at radius 1 is 1.35 bits per heavy atom. The van der Waals surface area contributed by atoms with E-state index in [9.17, 15) is 26.4 Å². The molecule has 0 aromatic carbocycles. The standard InChI is InChI=1S/C8H9F3N2O3S/c1-12-13-17(15,16)8(10,11)6-3-2-5(14)4-7(6)9/h2-3,12-13H,4H2,1H3. The average molecular weight is 270 g/mol. The van der Waals surface area contributed by atoms with Crippen molar-refractivity contribution in [1.29, 1.82) is 0 Å². The highest BCUT2D eigenvalue weighted by molar-refractivity contribution is 7.90. The number of hydrogen-bond acceptors (Lipinski definition) is 4. The van der Waals surface area contributed by atoms with Crippen molar-refractivity contribution >= 4 is 15.8 Å². The lowest BCUT2D eigenvalue weighted by molar-refractivity contribution is -0.114. The van der Waals surface area contributed by atoms with Crippen LogP contribution in [0.5, 0.6) is 0 Å². The second kappa shape index (κ2) is 4.59. The van der Waals surface area contributed by atoms with Gasteiger partial charge in [0.25, 0.3) is 10.0 Å². The van der Waals surface area contributed by atoms with Crippen LogP contribution in [0.25, 0.3) is 0 Å². The van der Waals surface area contributed by atoms with E-state index in [1.54, 1.807) is 0 Å². The topological polar surface area (TPSA) is 75.3 Å². The van der Waals surface area contributed by atoms with E-state index in [4.69, 9.17) is 0 Å². The predicted octanol–water partition coefficient (Wildman–Crippen LogP) is 0.386. The molecule has 1 rings (SSSR count). The zero-order chi connectivity index (χ0) is 13.3. The average Bonchev–Trinajstić information content (AvgIpc) is 2.16. The lowest BCUT2D eigenvalue weighted by atomic mass is 10.1. The molecule has 0 radical (unpaired) electrons. The monoisotopic (exact) mass is 270 g/mol. The van der Waals surface area contributed by atoms with Crippen LogP contribution < -0.4 is 10.3 Å². The Labute approximate surface area is 95.4 Å². The molecule has 0 heterocycles. The zero-order valence-electron chi connectivity index (χ0n) is 8.63. The summed E-state index contributed by atoms with van der Waals surface area (Å²) in [5.74, 6) is -2.16. The third-order valence-electron chi connectivity index (χ3n) is 1.95. The Bertz CT molecular complexity index is 496. The van der Waals surface area contributed by atoms with Crippen LogP contribution in [0.1, 0.15) is 6.42 Å². The minimum Gasteiger partial charge on any atom is -0.294 e. The van der Waals surface area contributed by atoms with Crippen LogP contribution in [0, 0.1) is 0 Å². The van der Waals surface area contributed by atoms with Crippen molar-refractivity contribution < 1.29 is 26.4 Å². The smallest absolute Gasteiger partial charge is 0.294 e. The first-order chi connectivity index (χ1) is 7.72. The van der Waals surface area contributed by atoms with E-state index in [0.29, 0.717) is 12.2 Å². The first-order valence-corrected chi connectivity index (χ1v) is 5.86. The molecule has 2 N–H and O–H groups in total. The summed E-state index contributed by atoms with van der Waals surface area (Å²) in [5.41, 5.74) is 0.489. The van der Waals surface area contributed by atoms with Crippen molar-refractivity contribution in [2.45, 2.75) is 11.7 Å². The summed E-state index contributed by atoms with van der Waals surface area (Å²) in [4.78, 5) is 12.1. The highest BCUT2D eigenvalue weighted by Gasteiger charge is 2.50. The van der Waals surface area contributed by atoms with Gasteiger partial charge in [-0.25, -0.2) is 18.2 Å². The summed E-state index contributed by atoms with van der Waals surface area (Å²) < 4.78 is 62.5. The maximum atomic E-state index is 13.5. The number of carbonyl (C=O) groups excluding carboxylic acids is 1. The Kier molecular flexibility index (Phi) is 3.74. The van der Waals surface area contributed by atoms with Gasteiger partial charge in [0.15, 0.2) is 5.78 Å². The number of nitrogens with one attached hydrogen (secondary N) is 2. The SMILES string of the molecule is CNNS(=O)(=O)C(F)(F)C1=C(F)CC(=O)C=C1. The summed E-state index contributed by atoms with van der Waals surface area (Å²) in [7, 11) is -4.05. The number of halogens is 3. The quantitative estimate of drug-likeness (QED) is 0.724. The third kappa shape index (κ3) is 2.56. The Morgan fingerprint density at radius 2 is 1.94 bits per heavy atom. The fourth-order valence-electron chi connectivity index (χ4n) is 1.17. The Morgan fingerprint density at radius 3 is 2.41 bits per heavy atom. The predicted molar refractivity (Wildman–Crippen MR) is 53.0 cm³/mol. The minimum absolute atomic E-state index is 0.468. The molecule has 0 bridgehead atoms. The van der Waals surface area contributed by atoms with Gasteiger partial charge in [0.2, 0.25) is 0 Å². The number of carbonyl (C=O) groups is 1. The van der Waals surface area contributed by atoms with Crippen LogP contribution >= 0.6 is 0 Å². The summed E-state index contributed by atoms with van der Waals surface area (Å²) in [5, 5.41) is -4.46. The Balaban J connectivity index is 3.20. The van der Waals surface area contributed by atoms with Gasteiger partial charge in [0.05, 0.1) is 12.0 Å². The fraction of sp³-hybridized carbons (Fsp3) is 0.375. The lowest BCUT2D eigenvalue weighted by Gasteiger charge is -2.20. The van der Waals surface area contributed by atoms with Gasteiger partial charge in [-0.1, -0.05) is 0 Å². The molecule has 0 fully saturated rings. The van der Waals surface area contributed by atoms with Crippen LogP contribution in [-0.2, 0) is 14.8 Å². The van der Waals surface area contributed by atoms with Gasteiger partial charge in [-0.15, -0.1) is 4.83 Å². The summed E-state index contributed by atoms with van der Waals surface area (Å²) in [6.45, 7) is 0. The molecule has 0 saturated carbocycles. The largest absolute Gasteiger partial charge is 0.388 e. The van der Waals surface area contributed by atoms with Gasteiger partial charge in [0.1, 0.15) is 5.83 Å². The van der Waals surface area contributed by atoms with Crippen molar-refractivity contribution in [2.24, 2.45) is 0 Å². The first kappa shape index (κ1) is 13.9. The maximum Gasteiger partial charge on any atom is 0.388 e. The number of hydrazine groups is 1. The normalized spacial score (nSPS) is 17.8. The van der Waals surface area contributed by atoms with E-state index in [-0.39, 0.29) is 0 Å². The van der Waals surface area contributed by atoms with Gasteiger partial charge in [0, 0.05) is 0 Å². The van der Waals surface area contributed by atoms with E-state index < -0.39 is 38.9 Å². The van der Waals surface area contributed by atoms with Gasteiger partial charge >= 0.3 is 5.25 Å². The van der Waals surface area contributed by atoms with E-state index in [2.05, 4.69) is 0 Å².